The maximum absolute atomic E-state index is 13.1. The van der Waals surface area contributed by atoms with Gasteiger partial charge in [-0.1, -0.05) is 29.8 Å². The van der Waals surface area contributed by atoms with Gasteiger partial charge in [-0.05, 0) is 44.2 Å². The molecule has 1 saturated heterocycles. The number of carbonyl (C=O) groups excluding carboxylic acids is 2. The highest BCUT2D eigenvalue weighted by molar-refractivity contribution is 6.03. The predicted octanol–water partition coefficient (Wildman–Crippen LogP) is 2.00. The van der Waals surface area contributed by atoms with Gasteiger partial charge in [0.25, 0.3) is 11.5 Å². The maximum Gasteiger partial charge on any atom is 0.271 e. The molecule has 0 spiro atoms. The van der Waals surface area contributed by atoms with Crippen LogP contribution >= 0.6 is 0 Å². The summed E-state index contributed by atoms with van der Waals surface area (Å²) in [5, 5.41) is 4.56. The monoisotopic (exact) mass is 473 g/mol. The van der Waals surface area contributed by atoms with Crippen molar-refractivity contribution in [2.24, 2.45) is 0 Å². The molecule has 0 bridgehead atoms. The topological polar surface area (TPSA) is 88.0 Å². The van der Waals surface area contributed by atoms with E-state index in [0.717, 1.165) is 5.56 Å². The van der Waals surface area contributed by atoms with Crippen LogP contribution in [0.4, 0.5) is 11.5 Å². The van der Waals surface area contributed by atoms with E-state index in [9.17, 15) is 14.4 Å². The standard InChI is InChI=1S/C26H27N5O4/c1-18-7-9-20(10-8-18)31-24(32)12-11-23(27-31)28-13-15-29(16-14-28)25(33)17-30-21-5-3-4-6-22(21)35-19(2)26(30)34/h3-12,19H,13-17H2,1-2H3/t19-/m1/s1. The molecule has 0 radical (unpaired) electrons. The number of hydrogen-bond donors (Lipinski definition) is 0. The molecular weight excluding hydrogens is 446 g/mol. The number of ether oxygens (including phenoxy) is 1. The van der Waals surface area contributed by atoms with Crippen LogP contribution in [-0.2, 0) is 9.59 Å². The Balaban J connectivity index is 1.26. The molecule has 0 unspecified atom stereocenters. The minimum Gasteiger partial charge on any atom is -0.479 e. The summed E-state index contributed by atoms with van der Waals surface area (Å²) in [5.74, 6) is 0.952. The van der Waals surface area contributed by atoms with Crippen LogP contribution in [0.1, 0.15) is 12.5 Å². The number of aryl methyl sites for hydroxylation is 1. The van der Waals surface area contributed by atoms with Crippen LogP contribution in [0, 0.1) is 6.92 Å². The summed E-state index contributed by atoms with van der Waals surface area (Å²) in [6, 6.07) is 18.1. The van der Waals surface area contributed by atoms with Gasteiger partial charge in [0.15, 0.2) is 6.10 Å². The highest BCUT2D eigenvalue weighted by Gasteiger charge is 2.34. The van der Waals surface area contributed by atoms with Crippen molar-refractivity contribution in [2.45, 2.75) is 20.0 Å². The average Bonchev–Trinajstić information content (AvgIpc) is 2.87. The van der Waals surface area contributed by atoms with Gasteiger partial charge < -0.3 is 14.5 Å². The van der Waals surface area contributed by atoms with E-state index in [1.807, 2.05) is 43.3 Å². The van der Waals surface area contributed by atoms with Gasteiger partial charge in [-0.25, -0.2) is 0 Å². The molecule has 3 aromatic rings. The second-order valence-electron chi connectivity index (χ2n) is 8.80. The Labute approximate surface area is 203 Å². The van der Waals surface area contributed by atoms with Crippen molar-refractivity contribution in [1.82, 2.24) is 14.7 Å². The molecule has 9 heteroatoms. The van der Waals surface area contributed by atoms with Crippen LogP contribution in [0.5, 0.6) is 5.75 Å². The zero-order chi connectivity index (χ0) is 24.5. The number of piperazine rings is 1. The molecule has 0 saturated carbocycles. The van der Waals surface area contributed by atoms with Gasteiger partial charge in [0, 0.05) is 32.2 Å². The molecule has 2 aliphatic rings. The van der Waals surface area contributed by atoms with E-state index >= 15 is 0 Å². The van der Waals surface area contributed by atoms with Gasteiger partial charge in [0.2, 0.25) is 5.91 Å². The van der Waals surface area contributed by atoms with E-state index in [0.29, 0.717) is 49.1 Å². The molecule has 2 aromatic carbocycles. The van der Waals surface area contributed by atoms with Gasteiger partial charge in [-0.15, -0.1) is 5.10 Å². The molecule has 0 N–H and O–H groups in total. The SMILES string of the molecule is Cc1ccc(-n2nc(N3CCN(C(=O)CN4C(=O)[C@@H](C)Oc5ccccc54)CC3)ccc2=O)cc1. The number of rotatable bonds is 4. The number of nitrogens with zero attached hydrogens (tertiary/aromatic N) is 5. The molecule has 0 aliphatic carbocycles. The van der Waals surface area contributed by atoms with Gasteiger partial charge >= 0.3 is 0 Å². The van der Waals surface area contributed by atoms with Crippen molar-refractivity contribution in [2.75, 3.05) is 42.5 Å². The van der Waals surface area contributed by atoms with Crippen LogP contribution < -0.4 is 20.1 Å². The van der Waals surface area contributed by atoms with Crippen LogP contribution in [0.25, 0.3) is 5.69 Å². The van der Waals surface area contributed by atoms with E-state index in [-0.39, 0.29) is 23.9 Å². The van der Waals surface area contributed by atoms with E-state index in [1.165, 1.54) is 15.6 Å². The number of fused-ring (bicyclic) bond motifs is 1. The van der Waals surface area contributed by atoms with Crippen molar-refractivity contribution in [3.63, 3.8) is 0 Å². The third kappa shape index (κ3) is 4.49. The summed E-state index contributed by atoms with van der Waals surface area (Å²) < 4.78 is 7.06. The largest absolute Gasteiger partial charge is 0.479 e. The number of hydrogen-bond acceptors (Lipinski definition) is 6. The molecule has 1 atom stereocenters. The Morgan fingerprint density at radius 3 is 2.43 bits per heavy atom. The fraction of sp³-hybridized carbons (Fsp3) is 0.308. The van der Waals surface area contributed by atoms with Crippen LogP contribution in [0.2, 0.25) is 0 Å². The van der Waals surface area contributed by atoms with E-state index in [4.69, 9.17) is 4.74 Å². The summed E-state index contributed by atoms with van der Waals surface area (Å²) in [6.07, 6.45) is -0.634. The maximum atomic E-state index is 13.1. The third-order valence-electron chi connectivity index (χ3n) is 6.39. The summed E-state index contributed by atoms with van der Waals surface area (Å²) in [5.41, 5.74) is 2.23. The summed E-state index contributed by atoms with van der Waals surface area (Å²) >= 11 is 0. The minimum absolute atomic E-state index is 0.0277. The van der Waals surface area contributed by atoms with Gasteiger partial charge in [0.1, 0.15) is 18.1 Å². The van der Waals surface area contributed by atoms with Crippen molar-refractivity contribution >= 4 is 23.3 Å². The summed E-state index contributed by atoms with van der Waals surface area (Å²) in [4.78, 5) is 43.6. The van der Waals surface area contributed by atoms with E-state index in [1.54, 1.807) is 30.0 Å². The van der Waals surface area contributed by atoms with Crippen LogP contribution in [0.3, 0.4) is 0 Å². The van der Waals surface area contributed by atoms with Gasteiger partial charge in [0.05, 0.1) is 11.4 Å². The lowest BCUT2D eigenvalue weighted by molar-refractivity contribution is -0.133. The number of para-hydroxylation sites is 2. The molecule has 5 rings (SSSR count). The summed E-state index contributed by atoms with van der Waals surface area (Å²) in [7, 11) is 0. The lowest BCUT2D eigenvalue weighted by atomic mass is 10.2. The Kier molecular flexibility index (Phi) is 5.98. The first-order chi connectivity index (χ1) is 16.9. The molecule has 2 amide bonds. The number of amides is 2. The molecular formula is C26H27N5O4. The van der Waals surface area contributed by atoms with E-state index < -0.39 is 6.10 Å². The molecule has 180 valence electrons. The Bertz CT molecular complexity index is 1310. The quantitative estimate of drug-likeness (QED) is 0.576. The first kappa shape index (κ1) is 22.6. The average molecular weight is 474 g/mol. The number of benzene rings is 2. The number of anilines is 2. The third-order valence-corrected chi connectivity index (χ3v) is 6.39. The minimum atomic E-state index is -0.634. The van der Waals surface area contributed by atoms with Crippen molar-refractivity contribution in [3.05, 3.63) is 76.6 Å². The fourth-order valence-corrected chi connectivity index (χ4v) is 4.38. The van der Waals surface area contributed by atoms with Crippen molar-refractivity contribution < 1.29 is 14.3 Å². The molecule has 1 aromatic heterocycles. The first-order valence-electron chi connectivity index (χ1n) is 11.7. The Morgan fingerprint density at radius 2 is 1.69 bits per heavy atom. The zero-order valence-electron chi connectivity index (χ0n) is 19.8. The van der Waals surface area contributed by atoms with Crippen LogP contribution in [0.15, 0.2) is 65.5 Å². The normalized spacial score (nSPS) is 17.7. The molecule has 35 heavy (non-hydrogen) atoms. The predicted molar refractivity (Wildman–Crippen MR) is 132 cm³/mol. The second kappa shape index (κ2) is 9.25. The van der Waals surface area contributed by atoms with Crippen molar-refractivity contribution in [1.29, 1.82) is 0 Å². The lowest BCUT2D eigenvalue weighted by Gasteiger charge is -2.37. The first-order valence-corrected chi connectivity index (χ1v) is 11.7. The summed E-state index contributed by atoms with van der Waals surface area (Å²) in [6.45, 7) is 5.81. The lowest BCUT2D eigenvalue weighted by Crippen LogP contribution is -2.54. The van der Waals surface area contributed by atoms with Gasteiger partial charge in [-0.2, -0.15) is 4.68 Å². The molecule has 9 nitrogen and oxygen atoms in total. The molecule has 3 heterocycles. The second-order valence-corrected chi connectivity index (χ2v) is 8.80. The molecule has 2 aliphatic heterocycles. The Hall–Kier alpha value is -4.14. The highest BCUT2D eigenvalue weighted by Crippen LogP contribution is 2.33. The highest BCUT2D eigenvalue weighted by atomic mass is 16.5. The van der Waals surface area contributed by atoms with Crippen molar-refractivity contribution in [3.8, 4) is 11.4 Å². The number of carbonyl (C=O) groups is 2. The smallest absolute Gasteiger partial charge is 0.271 e. The Morgan fingerprint density at radius 1 is 0.971 bits per heavy atom. The number of aromatic nitrogens is 2. The zero-order valence-corrected chi connectivity index (χ0v) is 19.8. The fourth-order valence-electron chi connectivity index (χ4n) is 4.38. The van der Waals surface area contributed by atoms with Gasteiger partial charge in [-0.3, -0.25) is 19.3 Å². The van der Waals surface area contributed by atoms with Crippen LogP contribution in [-0.4, -0.2) is 65.3 Å². The molecule has 1 fully saturated rings. The van der Waals surface area contributed by atoms with E-state index in [2.05, 4.69) is 10.00 Å².